The summed E-state index contributed by atoms with van der Waals surface area (Å²) in [6.45, 7) is 2.04. The standard InChI is InChI=1S/C20H22N2/c1-15-6-5-9-19(21)20(15,22)18-12-10-17(11-13-18)14-16-7-3-2-4-8-16/h2-13,19H,14,21-22H2,1H3. The third kappa shape index (κ3) is 2.63. The van der Waals surface area contributed by atoms with Gasteiger partial charge in [0.1, 0.15) is 0 Å². The predicted octanol–water partition coefficient (Wildman–Crippen LogP) is 3.27. The van der Waals surface area contributed by atoms with Crippen LogP contribution < -0.4 is 11.5 Å². The fraction of sp³-hybridized carbons (Fsp3) is 0.200. The molecule has 3 rings (SSSR count). The van der Waals surface area contributed by atoms with Crippen LogP contribution in [0.1, 0.15) is 23.6 Å². The first kappa shape index (κ1) is 14.8. The maximum atomic E-state index is 6.63. The van der Waals surface area contributed by atoms with Crippen LogP contribution in [0.15, 0.2) is 78.4 Å². The number of nitrogens with two attached hydrogens (primary N) is 2. The molecule has 1 aliphatic rings. The zero-order valence-electron chi connectivity index (χ0n) is 12.9. The molecule has 1 aliphatic carbocycles. The van der Waals surface area contributed by atoms with Crippen LogP contribution in [-0.2, 0) is 12.0 Å². The molecule has 0 spiro atoms. The highest BCUT2D eigenvalue weighted by Crippen LogP contribution is 2.32. The summed E-state index contributed by atoms with van der Waals surface area (Å²) in [7, 11) is 0. The van der Waals surface area contributed by atoms with Crippen molar-refractivity contribution in [3.8, 4) is 0 Å². The second-order valence-electron chi connectivity index (χ2n) is 5.99. The minimum Gasteiger partial charge on any atom is -0.322 e. The average molecular weight is 290 g/mol. The van der Waals surface area contributed by atoms with Gasteiger partial charge in [-0.25, -0.2) is 0 Å². The lowest BCUT2D eigenvalue weighted by molar-refractivity contribution is 0.462. The first-order valence-corrected chi connectivity index (χ1v) is 7.64. The first-order valence-electron chi connectivity index (χ1n) is 7.64. The molecule has 0 saturated carbocycles. The van der Waals surface area contributed by atoms with Gasteiger partial charge < -0.3 is 11.5 Å². The maximum Gasteiger partial charge on any atom is 0.0815 e. The van der Waals surface area contributed by atoms with Gasteiger partial charge in [-0.1, -0.05) is 72.8 Å². The summed E-state index contributed by atoms with van der Waals surface area (Å²) >= 11 is 0. The van der Waals surface area contributed by atoms with E-state index in [1.54, 1.807) is 0 Å². The van der Waals surface area contributed by atoms with Crippen molar-refractivity contribution >= 4 is 0 Å². The Hall–Kier alpha value is -2.16. The summed E-state index contributed by atoms with van der Waals surface area (Å²) in [5.74, 6) is 0. The molecule has 0 heterocycles. The van der Waals surface area contributed by atoms with Gasteiger partial charge >= 0.3 is 0 Å². The smallest absolute Gasteiger partial charge is 0.0815 e. The molecule has 0 fully saturated rings. The largest absolute Gasteiger partial charge is 0.322 e. The van der Waals surface area contributed by atoms with E-state index in [9.17, 15) is 0 Å². The minimum absolute atomic E-state index is 0.197. The van der Waals surface area contributed by atoms with Gasteiger partial charge in [0.05, 0.1) is 5.54 Å². The van der Waals surface area contributed by atoms with Gasteiger partial charge in [-0.15, -0.1) is 0 Å². The van der Waals surface area contributed by atoms with Crippen LogP contribution in [0.4, 0.5) is 0 Å². The number of allylic oxidation sites excluding steroid dienone is 2. The van der Waals surface area contributed by atoms with E-state index in [2.05, 4.69) is 48.5 Å². The van der Waals surface area contributed by atoms with Crippen molar-refractivity contribution in [3.63, 3.8) is 0 Å². The molecule has 4 N–H and O–H groups in total. The van der Waals surface area contributed by atoms with E-state index in [-0.39, 0.29) is 6.04 Å². The highest BCUT2D eigenvalue weighted by atomic mass is 14.9. The molecule has 0 bridgehead atoms. The third-order valence-electron chi connectivity index (χ3n) is 4.53. The monoisotopic (exact) mass is 290 g/mol. The van der Waals surface area contributed by atoms with Crippen LogP contribution in [0, 0.1) is 0 Å². The van der Waals surface area contributed by atoms with Crippen molar-refractivity contribution in [1.29, 1.82) is 0 Å². The lowest BCUT2D eigenvalue weighted by atomic mass is 9.75. The molecule has 2 atom stereocenters. The Morgan fingerprint density at radius 1 is 0.955 bits per heavy atom. The normalized spacial score (nSPS) is 24.1. The summed E-state index contributed by atoms with van der Waals surface area (Å²) in [5, 5.41) is 0. The van der Waals surface area contributed by atoms with E-state index in [0.29, 0.717) is 0 Å². The van der Waals surface area contributed by atoms with E-state index in [1.165, 1.54) is 11.1 Å². The summed E-state index contributed by atoms with van der Waals surface area (Å²) in [5.41, 5.74) is 17.0. The third-order valence-corrected chi connectivity index (χ3v) is 4.53. The molecular weight excluding hydrogens is 268 g/mol. The quantitative estimate of drug-likeness (QED) is 0.911. The molecule has 2 aromatic rings. The molecule has 0 aromatic heterocycles. The summed E-state index contributed by atoms with van der Waals surface area (Å²) < 4.78 is 0. The van der Waals surface area contributed by atoms with Crippen molar-refractivity contribution < 1.29 is 0 Å². The molecule has 2 nitrogen and oxygen atoms in total. The molecule has 0 aliphatic heterocycles. The van der Waals surface area contributed by atoms with E-state index >= 15 is 0 Å². The van der Waals surface area contributed by atoms with Crippen LogP contribution in [-0.4, -0.2) is 6.04 Å². The van der Waals surface area contributed by atoms with E-state index < -0.39 is 5.54 Å². The van der Waals surface area contributed by atoms with Crippen LogP contribution in [0.25, 0.3) is 0 Å². The molecule has 0 saturated heterocycles. The van der Waals surface area contributed by atoms with Crippen molar-refractivity contribution in [2.75, 3.05) is 0 Å². The highest BCUT2D eigenvalue weighted by Gasteiger charge is 2.36. The Balaban J connectivity index is 1.85. The zero-order chi connectivity index (χ0) is 15.6. The Labute approximate surface area is 132 Å². The van der Waals surface area contributed by atoms with Gasteiger partial charge in [-0.2, -0.15) is 0 Å². The van der Waals surface area contributed by atoms with E-state index in [4.69, 9.17) is 11.5 Å². The number of benzene rings is 2. The average Bonchev–Trinajstić information content (AvgIpc) is 2.54. The Morgan fingerprint density at radius 2 is 1.59 bits per heavy atom. The first-order chi connectivity index (χ1) is 10.6. The van der Waals surface area contributed by atoms with Gasteiger partial charge in [0.15, 0.2) is 0 Å². The molecular formula is C20H22N2. The molecule has 112 valence electrons. The zero-order valence-corrected chi connectivity index (χ0v) is 12.9. The molecule has 2 heteroatoms. The lowest BCUT2D eigenvalue weighted by Crippen LogP contribution is -2.53. The van der Waals surface area contributed by atoms with Gasteiger partial charge in [0.2, 0.25) is 0 Å². The molecule has 2 aromatic carbocycles. The Morgan fingerprint density at radius 3 is 2.23 bits per heavy atom. The second-order valence-corrected chi connectivity index (χ2v) is 5.99. The number of hydrogen-bond acceptors (Lipinski definition) is 2. The SMILES string of the molecule is CC1=CC=CC(N)C1(N)c1ccc(Cc2ccccc2)cc1. The topological polar surface area (TPSA) is 52.0 Å². The van der Waals surface area contributed by atoms with Gasteiger partial charge in [0, 0.05) is 6.04 Å². The van der Waals surface area contributed by atoms with Crippen molar-refractivity contribution in [1.82, 2.24) is 0 Å². The van der Waals surface area contributed by atoms with Gasteiger partial charge in [-0.05, 0) is 35.6 Å². The number of rotatable bonds is 3. The summed E-state index contributed by atoms with van der Waals surface area (Å²) in [6.07, 6.45) is 6.92. The molecule has 22 heavy (non-hydrogen) atoms. The van der Waals surface area contributed by atoms with Crippen LogP contribution in [0.5, 0.6) is 0 Å². The Kier molecular flexibility index (Phi) is 3.97. The summed E-state index contributed by atoms with van der Waals surface area (Å²) in [6, 6.07) is 18.8. The number of hydrogen-bond donors (Lipinski definition) is 2. The van der Waals surface area contributed by atoms with Crippen molar-refractivity contribution in [2.24, 2.45) is 11.5 Å². The van der Waals surface area contributed by atoms with Crippen LogP contribution >= 0.6 is 0 Å². The maximum absolute atomic E-state index is 6.63. The fourth-order valence-corrected chi connectivity index (χ4v) is 3.02. The summed E-state index contributed by atoms with van der Waals surface area (Å²) in [4.78, 5) is 0. The lowest BCUT2D eigenvalue weighted by Gasteiger charge is -2.37. The second kappa shape index (κ2) is 5.91. The van der Waals surface area contributed by atoms with Crippen LogP contribution in [0.2, 0.25) is 0 Å². The fourth-order valence-electron chi connectivity index (χ4n) is 3.02. The molecule has 0 radical (unpaired) electrons. The molecule has 0 amide bonds. The molecule has 2 unspecified atom stereocenters. The van der Waals surface area contributed by atoms with Crippen molar-refractivity contribution in [2.45, 2.75) is 24.9 Å². The Bertz CT molecular complexity index is 698. The van der Waals surface area contributed by atoms with Gasteiger partial charge in [0.25, 0.3) is 0 Å². The van der Waals surface area contributed by atoms with Gasteiger partial charge in [-0.3, -0.25) is 0 Å². The van der Waals surface area contributed by atoms with E-state index in [0.717, 1.165) is 17.6 Å². The van der Waals surface area contributed by atoms with Crippen LogP contribution in [0.3, 0.4) is 0 Å². The predicted molar refractivity (Wildman–Crippen MR) is 92.4 cm³/mol. The highest BCUT2D eigenvalue weighted by molar-refractivity contribution is 5.44. The minimum atomic E-state index is -0.611. The van der Waals surface area contributed by atoms with E-state index in [1.807, 2.05) is 31.2 Å². The van der Waals surface area contributed by atoms with Crippen molar-refractivity contribution in [3.05, 3.63) is 95.1 Å².